The van der Waals surface area contributed by atoms with Gasteiger partial charge in [0.15, 0.2) is 5.96 Å². The zero-order valence-electron chi connectivity index (χ0n) is 13.1. The molecular weight excluding hydrogens is 328 g/mol. The van der Waals surface area contributed by atoms with Crippen molar-refractivity contribution in [3.8, 4) is 0 Å². The van der Waals surface area contributed by atoms with E-state index in [0.717, 1.165) is 41.9 Å². The van der Waals surface area contributed by atoms with Crippen molar-refractivity contribution < 1.29 is 0 Å². The van der Waals surface area contributed by atoms with Gasteiger partial charge in [-0.25, -0.2) is 0 Å². The number of halogens is 1. The Morgan fingerprint density at radius 1 is 1.13 bits per heavy atom. The van der Waals surface area contributed by atoms with Gasteiger partial charge in [-0.3, -0.25) is 9.98 Å². The highest BCUT2D eigenvalue weighted by Crippen LogP contribution is 2.19. The SMILES string of the molecule is CN=C(NCCSc1ccc(Cl)cc1)NCCc1ccccn1. The third-order valence-corrected chi connectivity index (χ3v) is 4.37. The molecule has 122 valence electrons. The smallest absolute Gasteiger partial charge is 0.191 e. The predicted molar refractivity (Wildman–Crippen MR) is 99.5 cm³/mol. The Morgan fingerprint density at radius 3 is 2.61 bits per heavy atom. The van der Waals surface area contributed by atoms with Crippen molar-refractivity contribution in [1.29, 1.82) is 0 Å². The molecule has 0 fully saturated rings. The number of rotatable bonds is 7. The van der Waals surface area contributed by atoms with Crippen LogP contribution in [0.2, 0.25) is 5.02 Å². The number of aliphatic imine (C=N–C) groups is 1. The molecule has 1 aromatic heterocycles. The quantitative estimate of drug-likeness (QED) is 0.349. The summed E-state index contributed by atoms with van der Waals surface area (Å²) in [6.07, 6.45) is 2.69. The highest BCUT2D eigenvalue weighted by molar-refractivity contribution is 7.99. The van der Waals surface area contributed by atoms with Crippen LogP contribution in [0.1, 0.15) is 5.69 Å². The maximum absolute atomic E-state index is 5.88. The highest BCUT2D eigenvalue weighted by Gasteiger charge is 1.99. The summed E-state index contributed by atoms with van der Waals surface area (Å²) in [4.78, 5) is 9.74. The minimum absolute atomic E-state index is 0.769. The zero-order chi connectivity index (χ0) is 16.3. The first-order chi connectivity index (χ1) is 11.3. The Balaban J connectivity index is 1.62. The fourth-order valence-corrected chi connectivity index (χ4v) is 2.84. The number of guanidine groups is 1. The van der Waals surface area contributed by atoms with Crippen LogP contribution >= 0.6 is 23.4 Å². The van der Waals surface area contributed by atoms with Crippen molar-refractivity contribution in [3.05, 3.63) is 59.4 Å². The highest BCUT2D eigenvalue weighted by atomic mass is 35.5. The van der Waals surface area contributed by atoms with Crippen molar-refractivity contribution in [2.24, 2.45) is 4.99 Å². The van der Waals surface area contributed by atoms with Crippen molar-refractivity contribution in [2.45, 2.75) is 11.3 Å². The fourth-order valence-electron chi connectivity index (χ4n) is 1.94. The summed E-state index contributed by atoms with van der Waals surface area (Å²) in [5, 5.41) is 7.37. The van der Waals surface area contributed by atoms with Gasteiger partial charge in [0.2, 0.25) is 0 Å². The van der Waals surface area contributed by atoms with Crippen molar-refractivity contribution in [1.82, 2.24) is 15.6 Å². The van der Waals surface area contributed by atoms with E-state index in [9.17, 15) is 0 Å². The molecule has 2 aromatic rings. The fraction of sp³-hybridized carbons (Fsp3) is 0.294. The molecule has 2 N–H and O–H groups in total. The second-order valence-electron chi connectivity index (χ2n) is 4.80. The number of nitrogens with one attached hydrogen (secondary N) is 2. The number of pyridine rings is 1. The molecule has 0 amide bonds. The van der Waals surface area contributed by atoms with Gasteiger partial charge in [-0.05, 0) is 36.4 Å². The first-order valence-corrected chi connectivity index (χ1v) is 8.87. The van der Waals surface area contributed by atoms with E-state index in [0.29, 0.717) is 0 Å². The van der Waals surface area contributed by atoms with Crippen LogP contribution in [0.15, 0.2) is 58.5 Å². The lowest BCUT2D eigenvalue weighted by Crippen LogP contribution is -2.39. The van der Waals surface area contributed by atoms with Crippen LogP contribution in [0.5, 0.6) is 0 Å². The number of nitrogens with zero attached hydrogens (tertiary/aromatic N) is 2. The summed E-state index contributed by atoms with van der Waals surface area (Å²) in [5.74, 6) is 1.78. The second kappa shape index (κ2) is 10.1. The number of aromatic nitrogens is 1. The standard InChI is InChI=1S/C17H21ClN4S/c1-19-17(21-11-9-15-4-2-3-10-20-15)22-12-13-23-16-7-5-14(18)6-8-16/h2-8,10H,9,11-13H2,1H3,(H2,19,21,22). The van der Waals surface area contributed by atoms with E-state index in [2.05, 4.69) is 20.6 Å². The maximum Gasteiger partial charge on any atom is 0.191 e. The summed E-state index contributed by atoms with van der Waals surface area (Å²) in [6, 6.07) is 13.9. The molecule has 0 aliphatic rings. The summed E-state index contributed by atoms with van der Waals surface area (Å²) >= 11 is 7.66. The Bertz CT molecular complexity index is 602. The lowest BCUT2D eigenvalue weighted by Gasteiger charge is -2.11. The third-order valence-electron chi connectivity index (χ3n) is 3.10. The third kappa shape index (κ3) is 6.93. The second-order valence-corrected chi connectivity index (χ2v) is 6.40. The van der Waals surface area contributed by atoms with Crippen LogP contribution in [0, 0.1) is 0 Å². The van der Waals surface area contributed by atoms with E-state index in [1.165, 1.54) is 4.90 Å². The van der Waals surface area contributed by atoms with Crippen LogP contribution in [-0.4, -0.2) is 36.8 Å². The topological polar surface area (TPSA) is 49.3 Å². The van der Waals surface area contributed by atoms with Gasteiger partial charge in [0.25, 0.3) is 0 Å². The minimum Gasteiger partial charge on any atom is -0.356 e. The molecule has 6 heteroatoms. The van der Waals surface area contributed by atoms with Gasteiger partial charge >= 0.3 is 0 Å². The largest absolute Gasteiger partial charge is 0.356 e. The van der Waals surface area contributed by atoms with Crippen LogP contribution in [0.3, 0.4) is 0 Å². The van der Waals surface area contributed by atoms with Crippen molar-refractivity contribution in [2.75, 3.05) is 25.9 Å². The predicted octanol–water partition coefficient (Wildman–Crippen LogP) is 3.23. The van der Waals surface area contributed by atoms with E-state index in [-0.39, 0.29) is 0 Å². The monoisotopic (exact) mass is 348 g/mol. The number of hydrogen-bond donors (Lipinski definition) is 2. The van der Waals surface area contributed by atoms with E-state index in [1.54, 1.807) is 18.8 Å². The van der Waals surface area contributed by atoms with Gasteiger partial charge in [-0.15, -0.1) is 11.8 Å². The van der Waals surface area contributed by atoms with Crippen LogP contribution in [-0.2, 0) is 6.42 Å². The molecule has 0 spiro atoms. The average molecular weight is 349 g/mol. The van der Waals surface area contributed by atoms with Crippen molar-refractivity contribution >= 4 is 29.3 Å². The molecule has 1 heterocycles. The molecule has 0 aliphatic carbocycles. The summed E-state index contributed by atoms with van der Waals surface area (Å²) in [6.45, 7) is 1.65. The molecule has 0 atom stereocenters. The molecule has 0 unspecified atom stereocenters. The molecule has 0 radical (unpaired) electrons. The Kier molecular flexibility index (Phi) is 7.77. The Labute approximate surface area is 146 Å². The first kappa shape index (κ1) is 17.6. The van der Waals surface area contributed by atoms with E-state index in [1.807, 2.05) is 48.7 Å². The molecular formula is C17H21ClN4S. The molecule has 1 aromatic carbocycles. The first-order valence-electron chi connectivity index (χ1n) is 7.51. The normalized spacial score (nSPS) is 11.3. The van der Waals surface area contributed by atoms with E-state index in [4.69, 9.17) is 11.6 Å². The van der Waals surface area contributed by atoms with Gasteiger partial charge in [-0.1, -0.05) is 17.7 Å². The van der Waals surface area contributed by atoms with Crippen molar-refractivity contribution in [3.63, 3.8) is 0 Å². The lowest BCUT2D eigenvalue weighted by atomic mass is 10.3. The van der Waals surface area contributed by atoms with E-state index < -0.39 is 0 Å². The van der Waals surface area contributed by atoms with Gasteiger partial charge in [0.05, 0.1) is 0 Å². The number of thioether (sulfide) groups is 1. The average Bonchev–Trinajstić information content (AvgIpc) is 2.59. The van der Waals surface area contributed by atoms with E-state index >= 15 is 0 Å². The minimum atomic E-state index is 0.769. The molecule has 0 saturated heterocycles. The zero-order valence-corrected chi connectivity index (χ0v) is 14.7. The molecule has 0 bridgehead atoms. The lowest BCUT2D eigenvalue weighted by molar-refractivity contribution is 0.798. The Morgan fingerprint density at radius 2 is 1.91 bits per heavy atom. The molecule has 2 rings (SSSR count). The van der Waals surface area contributed by atoms with Gasteiger partial charge in [0.1, 0.15) is 0 Å². The summed E-state index contributed by atoms with van der Waals surface area (Å²) in [5.41, 5.74) is 1.08. The van der Waals surface area contributed by atoms with Gasteiger partial charge in [0, 0.05) is 54.1 Å². The number of benzene rings is 1. The van der Waals surface area contributed by atoms with Gasteiger partial charge < -0.3 is 10.6 Å². The summed E-state index contributed by atoms with van der Waals surface area (Å²) < 4.78 is 0. The van der Waals surface area contributed by atoms with Gasteiger partial charge in [-0.2, -0.15) is 0 Å². The molecule has 4 nitrogen and oxygen atoms in total. The molecule has 23 heavy (non-hydrogen) atoms. The summed E-state index contributed by atoms with van der Waals surface area (Å²) in [7, 11) is 1.78. The molecule has 0 aliphatic heterocycles. The van der Waals surface area contributed by atoms with Crippen LogP contribution in [0.4, 0.5) is 0 Å². The number of hydrogen-bond acceptors (Lipinski definition) is 3. The van der Waals surface area contributed by atoms with Crippen LogP contribution < -0.4 is 10.6 Å². The van der Waals surface area contributed by atoms with Crippen LogP contribution in [0.25, 0.3) is 0 Å². The maximum atomic E-state index is 5.88. The Hall–Kier alpha value is -1.72. The molecule has 0 saturated carbocycles.